The summed E-state index contributed by atoms with van der Waals surface area (Å²) in [6.07, 6.45) is 1.06. The number of aromatic nitrogens is 3. The molecule has 0 unspecified atom stereocenters. The Morgan fingerprint density at radius 1 is 1.00 bits per heavy atom. The van der Waals surface area contributed by atoms with Gasteiger partial charge in [-0.2, -0.15) is 4.98 Å². The highest BCUT2D eigenvalue weighted by molar-refractivity contribution is 7.21. The zero-order chi connectivity index (χ0) is 27.9. The second-order valence-electron chi connectivity index (χ2n) is 10.8. The van der Waals surface area contributed by atoms with E-state index >= 15 is 0 Å². The first kappa shape index (κ1) is 27.0. The van der Waals surface area contributed by atoms with Crippen molar-refractivity contribution in [1.82, 2.24) is 15.0 Å². The SMILES string of the molecule is Cc1nc(NCc2cc3ccccc3s2)nc(N[C@@H]2C[C@H](CO)C[C@H]2OC(C)(C)O)c1-c1nc2ccccc2s1. The number of nitrogens with one attached hydrogen (secondary N) is 2. The lowest BCUT2D eigenvalue weighted by Crippen LogP contribution is -2.38. The van der Waals surface area contributed by atoms with E-state index in [0.29, 0.717) is 31.2 Å². The first-order valence-electron chi connectivity index (χ1n) is 13.5. The Morgan fingerprint density at radius 3 is 2.52 bits per heavy atom. The monoisotopic (exact) mass is 575 g/mol. The number of aryl methyl sites for hydroxylation is 1. The summed E-state index contributed by atoms with van der Waals surface area (Å²) in [4.78, 5) is 15.9. The van der Waals surface area contributed by atoms with Gasteiger partial charge in [0.25, 0.3) is 0 Å². The second-order valence-corrected chi connectivity index (χ2v) is 13.0. The van der Waals surface area contributed by atoms with Crippen LogP contribution in [0.1, 0.15) is 37.3 Å². The number of anilines is 2. The molecule has 40 heavy (non-hydrogen) atoms. The fourth-order valence-corrected chi connectivity index (χ4v) is 7.43. The van der Waals surface area contributed by atoms with Crippen molar-refractivity contribution in [3.8, 4) is 10.6 Å². The molecule has 208 valence electrons. The first-order chi connectivity index (χ1) is 19.3. The molecule has 0 spiro atoms. The van der Waals surface area contributed by atoms with Crippen molar-refractivity contribution in [2.45, 2.75) is 58.1 Å². The van der Waals surface area contributed by atoms with Gasteiger partial charge in [-0.3, -0.25) is 0 Å². The molecular weight excluding hydrogens is 542 g/mol. The van der Waals surface area contributed by atoms with E-state index in [1.807, 2.05) is 25.1 Å². The fraction of sp³-hybridized carbons (Fsp3) is 0.367. The molecule has 6 rings (SSSR count). The molecule has 3 atom stereocenters. The molecule has 0 saturated heterocycles. The van der Waals surface area contributed by atoms with Gasteiger partial charge < -0.3 is 25.6 Å². The number of rotatable bonds is 9. The average Bonchev–Trinajstić information content (AvgIpc) is 3.62. The molecule has 3 heterocycles. The van der Waals surface area contributed by atoms with Crippen LogP contribution in [0.15, 0.2) is 54.6 Å². The number of benzene rings is 2. The van der Waals surface area contributed by atoms with Crippen LogP contribution in [0.25, 0.3) is 30.9 Å². The summed E-state index contributed by atoms with van der Waals surface area (Å²) >= 11 is 3.37. The third kappa shape index (κ3) is 5.82. The summed E-state index contributed by atoms with van der Waals surface area (Å²) in [5.41, 5.74) is 2.60. The number of fused-ring (bicyclic) bond motifs is 2. The predicted octanol–water partition coefficient (Wildman–Crippen LogP) is 6.18. The minimum atomic E-state index is -1.29. The van der Waals surface area contributed by atoms with Gasteiger partial charge in [-0.15, -0.1) is 22.7 Å². The van der Waals surface area contributed by atoms with E-state index in [-0.39, 0.29) is 24.7 Å². The van der Waals surface area contributed by atoms with Crippen molar-refractivity contribution in [2.75, 3.05) is 17.2 Å². The number of hydrogen-bond donors (Lipinski definition) is 4. The molecule has 0 aliphatic heterocycles. The number of aliphatic hydroxyl groups is 2. The molecular formula is C30H33N5O3S2. The third-order valence-corrected chi connectivity index (χ3v) is 9.29. The van der Waals surface area contributed by atoms with Crippen LogP contribution < -0.4 is 10.6 Å². The van der Waals surface area contributed by atoms with Crippen molar-refractivity contribution in [3.05, 3.63) is 65.2 Å². The zero-order valence-corrected chi connectivity index (χ0v) is 24.4. The van der Waals surface area contributed by atoms with Gasteiger partial charge in [0, 0.05) is 16.2 Å². The molecule has 4 N–H and O–H groups in total. The fourth-order valence-electron chi connectivity index (χ4n) is 5.36. The Hall–Kier alpha value is -3.15. The summed E-state index contributed by atoms with van der Waals surface area (Å²) in [5.74, 6) is -0.0230. The molecule has 3 aromatic heterocycles. The van der Waals surface area contributed by atoms with Gasteiger partial charge in [0.15, 0.2) is 5.79 Å². The number of hydrogen-bond acceptors (Lipinski definition) is 10. The molecule has 2 aromatic carbocycles. The Labute approximate surface area is 241 Å². The number of thiazole rings is 1. The van der Waals surface area contributed by atoms with Crippen molar-refractivity contribution in [2.24, 2.45) is 5.92 Å². The summed E-state index contributed by atoms with van der Waals surface area (Å²) < 4.78 is 8.36. The summed E-state index contributed by atoms with van der Waals surface area (Å²) in [7, 11) is 0. The maximum atomic E-state index is 10.4. The lowest BCUT2D eigenvalue weighted by atomic mass is 10.1. The van der Waals surface area contributed by atoms with E-state index in [0.717, 1.165) is 26.5 Å². The van der Waals surface area contributed by atoms with Crippen LogP contribution in [-0.4, -0.2) is 49.7 Å². The van der Waals surface area contributed by atoms with Gasteiger partial charge in [-0.25, -0.2) is 9.97 Å². The van der Waals surface area contributed by atoms with E-state index in [1.54, 1.807) is 36.5 Å². The maximum absolute atomic E-state index is 10.4. The number of thiophene rings is 1. The third-order valence-electron chi connectivity index (χ3n) is 7.12. The number of aliphatic hydroxyl groups excluding tert-OH is 1. The molecule has 0 radical (unpaired) electrons. The van der Waals surface area contributed by atoms with Crippen molar-refractivity contribution < 1.29 is 14.9 Å². The van der Waals surface area contributed by atoms with E-state index in [4.69, 9.17) is 19.7 Å². The van der Waals surface area contributed by atoms with Crippen molar-refractivity contribution in [3.63, 3.8) is 0 Å². The summed E-state index contributed by atoms with van der Waals surface area (Å²) in [5, 5.41) is 29.4. The van der Waals surface area contributed by atoms with Crippen molar-refractivity contribution >= 4 is 54.7 Å². The molecule has 5 aromatic rings. The van der Waals surface area contributed by atoms with Gasteiger partial charge in [0.05, 0.1) is 40.2 Å². The molecule has 0 bridgehead atoms. The molecule has 1 aliphatic rings. The van der Waals surface area contributed by atoms with Crippen LogP contribution in [0.3, 0.4) is 0 Å². The van der Waals surface area contributed by atoms with Crippen LogP contribution in [0.4, 0.5) is 11.8 Å². The molecule has 0 amide bonds. The van der Waals surface area contributed by atoms with Gasteiger partial charge in [-0.05, 0) is 69.2 Å². The summed E-state index contributed by atoms with van der Waals surface area (Å²) in [6.45, 7) is 5.93. The number of para-hydroxylation sites is 1. The molecule has 1 fully saturated rings. The molecule has 8 nitrogen and oxygen atoms in total. The first-order valence-corrected chi connectivity index (χ1v) is 15.1. The average molecular weight is 576 g/mol. The highest BCUT2D eigenvalue weighted by Gasteiger charge is 2.38. The van der Waals surface area contributed by atoms with Crippen LogP contribution in [-0.2, 0) is 11.3 Å². The van der Waals surface area contributed by atoms with Gasteiger partial charge >= 0.3 is 0 Å². The van der Waals surface area contributed by atoms with Crippen LogP contribution in [0.2, 0.25) is 0 Å². The van der Waals surface area contributed by atoms with Gasteiger partial charge in [0.2, 0.25) is 5.95 Å². The highest BCUT2D eigenvalue weighted by atomic mass is 32.1. The zero-order valence-electron chi connectivity index (χ0n) is 22.7. The summed E-state index contributed by atoms with van der Waals surface area (Å²) in [6, 6.07) is 18.5. The smallest absolute Gasteiger partial charge is 0.225 e. The predicted molar refractivity (Wildman–Crippen MR) is 163 cm³/mol. The van der Waals surface area contributed by atoms with Crippen LogP contribution in [0, 0.1) is 12.8 Å². The largest absolute Gasteiger partial charge is 0.396 e. The standard InChI is InChI=1S/C30H33N5O3S2/c1-17-26(28-34-21-9-5-7-11-25(21)40-28)27(33-22-12-18(16-36)13-23(22)38-30(2,3)37)35-29(32-17)31-15-20-14-19-8-4-6-10-24(19)39-20/h4-11,14,18,22-23,36-37H,12-13,15-16H2,1-3H3,(H2,31,32,33,35)/t18-,22+,23+/m0/s1. The Balaban J connectivity index is 1.35. The lowest BCUT2D eigenvalue weighted by molar-refractivity contribution is -0.205. The molecule has 10 heteroatoms. The van der Waals surface area contributed by atoms with Gasteiger partial charge in [-0.1, -0.05) is 30.3 Å². The molecule has 1 aliphatic carbocycles. The second kappa shape index (κ2) is 11.0. The quantitative estimate of drug-likeness (QED) is 0.154. The Morgan fingerprint density at radius 2 is 1.77 bits per heavy atom. The minimum absolute atomic E-state index is 0.0688. The Bertz CT molecular complexity index is 1580. The maximum Gasteiger partial charge on any atom is 0.225 e. The number of nitrogens with zero attached hydrogens (tertiary/aromatic N) is 3. The Kier molecular flexibility index (Phi) is 7.45. The minimum Gasteiger partial charge on any atom is -0.396 e. The molecule has 1 saturated carbocycles. The highest BCUT2D eigenvalue weighted by Crippen LogP contribution is 2.39. The normalized spacial score (nSPS) is 19.5. The topological polar surface area (TPSA) is 112 Å². The van der Waals surface area contributed by atoms with Gasteiger partial charge in [0.1, 0.15) is 10.8 Å². The van der Waals surface area contributed by atoms with Crippen LogP contribution in [0.5, 0.6) is 0 Å². The van der Waals surface area contributed by atoms with Crippen LogP contribution >= 0.6 is 22.7 Å². The van der Waals surface area contributed by atoms with E-state index in [1.165, 1.54) is 15.0 Å². The van der Waals surface area contributed by atoms with Crippen molar-refractivity contribution in [1.29, 1.82) is 0 Å². The van der Waals surface area contributed by atoms with E-state index < -0.39 is 5.79 Å². The lowest BCUT2D eigenvalue weighted by Gasteiger charge is -2.29. The van der Waals surface area contributed by atoms with E-state index in [2.05, 4.69) is 47.0 Å². The number of ether oxygens (including phenoxy) is 1. The van der Waals surface area contributed by atoms with E-state index in [9.17, 15) is 10.2 Å².